The molecule has 8 atom stereocenters. The molecule has 7 rings (SSSR count). The molecule has 2 saturated carbocycles. The van der Waals surface area contributed by atoms with Gasteiger partial charge in [0.1, 0.15) is 0 Å². The number of hydrogen-bond donors (Lipinski definition) is 0. The molecule has 1 aromatic carbocycles. The summed E-state index contributed by atoms with van der Waals surface area (Å²) in [7, 11) is 0. The highest BCUT2D eigenvalue weighted by Gasteiger charge is 2.60. The van der Waals surface area contributed by atoms with E-state index in [1.807, 2.05) is 24.3 Å². The maximum Gasteiger partial charge on any atom is 0.234 e. The van der Waals surface area contributed by atoms with Crippen LogP contribution in [-0.2, 0) is 32.3 Å². The Labute approximate surface area is 185 Å². The van der Waals surface area contributed by atoms with Crippen LogP contribution < -0.4 is 0 Å². The number of allylic oxidation sites excluding steroid dienone is 4. The number of rotatable bonds is 4. The summed E-state index contributed by atoms with van der Waals surface area (Å²) in [6.45, 7) is 0.566. The molecule has 4 aliphatic carbocycles. The molecule has 4 bridgehead atoms. The molecular weight excluding hydrogens is 404 g/mol. The molecule has 4 amide bonds. The van der Waals surface area contributed by atoms with Crippen molar-refractivity contribution >= 4 is 23.6 Å². The molecule has 0 N–H and O–H groups in total. The Balaban J connectivity index is 1.05. The van der Waals surface area contributed by atoms with Crippen molar-refractivity contribution in [2.75, 3.05) is 0 Å². The zero-order valence-corrected chi connectivity index (χ0v) is 17.6. The SMILES string of the molecule is O=C1[C@@H]2[C@H](C(=O)N1Cc1ccc(CN3C(=O)[C@@H]4[C@H](C3=O)[C@H]3C=C[C@H]4C3)cc1)[C@@H]1C=C[C@H]2C1. The summed E-state index contributed by atoms with van der Waals surface area (Å²) in [5, 5.41) is 0. The zero-order chi connectivity index (χ0) is 21.7. The predicted octanol–water partition coefficient (Wildman–Crippen LogP) is 2.30. The summed E-state index contributed by atoms with van der Waals surface area (Å²) in [6, 6.07) is 7.59. The van der Waals surface area contributed by atoms with Gasteiger partial charge in [0.05, 0.1) is 36.8 Å². The number of likely N-dealkylation sites (tertiary alicyclic amines) is 2. The molecule has 0 radical (unpaired) electrons. The molecule has 32 heavy (non-hydrogen) atoms. The number of fused-ring (bicyclic) bond motifs is 10. The first kappa shape index (κ1) is 18.5. The van der Waals surface area contributed by atoms with Crippen LogP contribution in [0.25, 0.3) is 0 Å². The van der Waals surface area contributed by atoms with Crippen LogP contribution in [0.1, 0.15) is 24.0 Å². The Morgan fingerprint density at radius 2 is 0.812 bits per heavy atom. The molecule has 0 spiro atoms. The average Bonchev–Trinajstić information content (AvgIpc) is 3.62. The molecule has 6 nitrogen and oxygen atoms in total. The van der Waals surface area contributed by atoms with Gasteiger partial charge in [-0.05, 0) is 47.6 Å². The van der Waals surface area contributed by atoms with Crippen LogP contribution in [0, 0.1) is 47.3 Å². The molecule has 1 aromatic rings. The molecule has 6 aliphatic rings. The Morgan fingerprint density at radius 3 is 1.09 bits per heavy atom. The Morgan fingerprint density at radius 1 is 0.531 bits per heavy atom. The van der Waals surface area contributed by atoms with Crippen molar-refractivity contribution in [1.82, 2.24) is 9.80 Å². The van der Waals surface area contributed by atoms with Crippen LogP contribution in [0.5, 0.6) is 0 Å². The maximum atomic E-state index is 12.9. The predicted molar refractivity (Wildman–Crippen MR) is 113 cm³/mol. The van der Waals surface area contributed by atoms with Crippen LogP contribution in [0.3, 0.4) is 0 Å². The normalized spacial score (nSPS) is 40.4. The topological polar surface area (TPSA) is 74.8 Å². The van der Waals surface area contributed by atoms with Crippen LogP contribution in [0.2, 0.25) is 0 Å². The zero-order valence-electron chi connectivity index (χ0n) is 17.6. The molecule has 6 heteroatoms. The molecule has 2 aliphatic heterocycles. The summed E-state index contributed by atoms with van der Waals surface area (Å²) in [6.07, 6.45) is 10.3. The van der Waals surface area contributed by atoms with Crippen LogP contribution in [-0.4, -0.2) is 33.4 Å². The summed E-state index contributed by atoms with van der Waals surface area (Å²) < 4.78 is 0. The van der Waals surface area contributed by atoms with Crippen molar-refractivity contribution in [3.63, 3.8) is 0 Å². The van der Waals surface area contributed by atoms with Gasteiger partial charge in [0.15, 0.2) is 0 Å². The van der Waals surface area contributed by atoms with E-state index in [-0.39, 0.29) is 84.1 Å². The highest BCUT2D eigenvalue weighted by molar-refractivity contribution is 6.07. The lowest BCUT2D eigenvalue weighted by atomic mass is 9.85. The number of amides is 4. The lowest BCUT2D eigenvalue weighted by Crippen LogP contribution is -2.33. The molecule has 162 valence electrons. The van der Waals surface area contributed by atoms with E-state index in [4.69, 9.17) is 0 Å². The van der Waals surface area contributed by atoms with Crippen molar-refractivity contribution < 1.29 is 19.2 Å². The first-order valence-corrected chi connectivity index (χ1v) is 11.7. The first-order valence-electron chi connectivity index (χ1n) is 11.7. The summed E-state index contributed by atoms with van der Waals surface area (Å²) >= 11 is 0. The fourth-order valence-corrected chi connectivity index (χ4v) is 7.36. The van der Waals surface area contributed by atoms with Gasteiger partial charge in [0.25, 0.3) is 0 Å². The van der Waals surface area contributed by atoms with Crippen molar-refractivity contribution in [2.24, 2.45) is 47.3 Å². The van der Waals surface area contributed by atoms with Gasteiger partial charge in [0, 0.05) is 0 Å². The number of imide groups is 2. The standard InChI is InChI=1S/C26H24N2O4/c29-23-19-15-5-6-16(9-15)20(19)24(30)27(23)11-13-1-2-14(4-3-13)12-28-25(31)21-17-7-8-18(10-17)22(21)26(28)32/h1-8,15-22H,9-12H2/t15-,16-,17-,18+,19-,20+,21-,22+/m0/s1. The van der Waals surface area contributed by atoms with Gasteiger partial charge >= 0.3 is 0 Å². The quantitative estimate of drug-likeness (QED) is 0.545. The third-order valence-electron chi connectivity index (χ3n) is 8.83. The van der Waals surface area contributed by atoms with Crippen molar-refractivity contribution in [3.05, 3.63) is 59.7 Å². The van der Waals surface area contributed by atoms with E-state index in [9.17, 15) is 19.2 Å². The van der Waals surface area contributed by atoms with Gasteiger partial charge in [-0.25, -0.2) is 0 Å². The smallest absolute Gasteiger partial charge is 0.234 e. The van der Waals surface area contributed by atoms with E-state index < -0.39 is 0 Å². The highest BCUT2D eigenvalue weighted by atomic mass is 16.2. The highest BCUT2D eigenvalue weighted by Crippen LogP contribution is 2.53. The minimum absolute atomic E-state index is 0.0380. The third-order valence-corrected chi connectivity index (χ3v) is 8.83. The second kappa shape index (κ2) is 6.27. The van der Waals surface area contributed by atoms with E-state index in [0.717, 1.165) is 24.0 Å². The van der Waals surface area contributed by atoms with E-state index in [0.29, 0.717) is 0 Å². The van der Waals surface area contributed by atoms with E-state index >= 15 is 0 Å². The molecule has 4 fully saturated rings. The molecule has 0 aromatic heterocycles. The van der Waals surface area contributed by atoms with E-state index in [2.05, 4.69) is 24.3 Å². The fourth-order valence-electron chi connectivity index (χ4n) is 7.36. The van der Waals surface area contributed by atoms with Crippen LogP contribution >= 0.6 is 0 Å². The molecule has 2 heterocycles. The monoisotopic (exact) mass is 428 g/mol. The second-order valence-electron chi connectivity index (χ2n) is 10.3. The number of carbonyl (C=O) groups is 4. The summed E-state index contributed by atoms with van der Waals surface area (Å²) in [5.74, 6) is 0.0239. The van der Waals surface area contributed by atoms with E-state index in [1.54, 1.807) is 0 Å². The number of carbonyl (C=O) groups excluding carboxylic acids is 4. The Hall–Kier alpha value is -3.02. The van der Waals surface area contributed by atoms with Gasteiger partial charge in [-0.1, -0.05) is 48.6 Å². The second-order valence-corrected chi connectivity index (χ2v) is 10.3. The van der Waals surface area contributed by atoms with Gasteiger partial charge in [-0.3, -0.25) is 29.0 Å². The Kier molecular flexibility index (Phi) is 3.63. The van der Waals surface area contributed by atoms with Crippen LogP contribution in [0.4, 0.5) is 0 Å². The lowest BCUT2D eigenvalue weighted by molar-refractivity contribution is -0.143. The molecule has 0 unspecified atom stereocenters. The van der Waals surface area contributed by atoms with Crippen molar-refractivity contribution in [2.45, 2.75) is 25.9 Å². The first-order chi connectivity index (χ1) is 15.5. The summed E-state index contributed by atoms with van der Waals surface area (Å²) in [5.41, 5.74) is 1.77. The minimum Gasteiger partial charge on any atom is -0.278 e. The van der Waals surface area contributed by atoms with Gasteiger partial charge in [0.2, 0.25) is 23.6 Å². The Bertz CT molecular complexity index is 986. The van der Waals surface area contributed by atoms with E-state index in [1.165, 1.54) is 9.80 Å². The van der Waals surface area contributed by atoms with Gasteiger partial charge in [-0.2, -0.15) is 0 Å². The largest absolute Gasteiger partial charge is 0.278 e. The fraction of sp³-hybridized carbons (Fsp3) is 0.462. The average molecular weight is 428 g/mol. The summed E-state index contributed by atoms with van der Waals surface area (Å²) in [4.78, 5) is 54.4. The number of nitrogens with zero attached hydrogens (tertiary/aromatic N) is 2. The lowest BCUT2D eigenvalue weighted by Gasteiger charge is -2.19. The van der Waals surface area contributed by atoms with Crippen molar-refractivity contribution in [1.29, 1.82) is 0 Å². The van der Waals surface area contributed by atoms with Crippen LogP contribution in [0.15, 0.2) is 48.6 Å². The van der Waals surface area contributed by atoms with Crippen molar-refractivity contribution in [3.8, 4) is 0 Å². The maximum absolute atomic E-state index is 12.9. The van der Waals surface area contributed by atoms with Gasteiger partial charge in [-0.15, -0.1) is 0 Å². The molecule has 2 saturated heterocycles. The van der Waals surface area contributed by atoms with Gasteiger partial charge < -0.3 is 0 Å². The number of benzene rings is 1. The molecular formula is C26H24N2O4. The number of hydrogen-bond acceptors (Lipinski definition) is 4. The third kappa shape index (κ3) is 2.30. The minimum atomic E-state index is -0.173.